The molecule has 0 bridgehead atoms. The van der Waals surface area contributed by atoms with E-state index in [2.05, 4.69) is 33.4 Å². The smallest absolute Gasteiger partial charge is 0.257 e. The molecule has 0 heterocycles. The number of nitrogens with one attached hydrogen (secondary N) is 1. The normalized spacial score (nSPS) is 10.7. The van der Waals surface area contributed by atoms with Crippen molar-refractivity contribution in [2.24, 2.45) is 0 Å². The van der Waals surface area contributed by atoms with E-state index in [0.717, 1.165) is 26.8 Å². The van der Waals surface area contributed by atoms with Gasteiger partial charge in [-0.3, -0.25) is 4.79 Å². The van der Waals surface area contributed by atoms with Crippen molar-refractivity contribution in [2.45, 2.75) is 5.75 Å². The fourth-order valence-electron chi connectivity index (χ4n) is 2.55. The average Bonchev–Trinajstić information content (AvgIpc) is 2.68. The van der Waals surface area contributed by atoms with Crippen LogP contribution in [-0.4, -0.2) is 24.8 Å². The summed E-state index contributed by atoms with van der Waals surface area (Å²) in [5.74, 6) is 2.40. The third-order valence-corrected chi connectivity index (χ3v) is 5.71. The molecule has 26 heavy (non-hydrogen) atoms. The number of carbonyl (C=O) groups is 1. The molecule has 3 aromatic rings. The summed E-state index contributed by atoms with van der Waals surface area (Å²) in [6.07, 6.45) is 0. The third-order valence-electron chi connectivity index (χ3n) is 3.87. The van der Waals surface area contributed by atoms with Crippen LogP contribution >= 0.6 is 27.7 Å². The van der Waals surface area contributed by atoms with Gasteiger partial charge in [0, 0.05) is 18.1 Å². The molecule has 134 valence electrons. The molecule has 3 rings (SSSR count). The van der Waals surface area contributed by atoms with Gasteiger partial charge in [0.25, 0.3) is 5.91 Å². The molecule has 1 amide bonds. The van der Waals surface area contributed by atoms with E-state index in [4.69, 9.17) is 4.74 Å². The Morgan fingerprint density at radius 1 is 1.00 bits per heavy atom. The van der Waals surface area contributed by atoms with Gasteiger partial charge in [0.1, 0.15) is 5.75 Å². The minimum absolute atomic E-state index is 0.0142. The Morgan fingerprint density at radius 2 is 1.77 bits per heavy atom. The molecule has 0 saturated heterocycles. The summed E-state index contributed by atoms with van der Waals surface area (Å²) in [5.41, 5.74) is 1.30. The molecule has 1 N–H and O–H groups in total. The zero-order valence-corrected chi connectivity index (χ0v) is 16.7. The summed E-state index contributed by atoms with van der Waals surface area (Å²) in [4.78, 5) is 12.0. The van der Waals surface area contributed by atoms with E-state index in [-0.39, 0.29) is 12.5 Å². The average molecular weight is 430 g/mol. The molecule has 0 fully saturated rings. The first-order chi connectivity index (χ1) is 12.7. The van der Waals surface area contributed by atoms with E-state index in [1.807, 2.05) is 54.6 Å². The van der Waals surface area contributed by atoms with Crippen molar-refractivity contribution >= 4 is 44.4 Å². The molecular weight excluding hydrogens is 410 g/mol. The molecule has 3 nitrogen and oxygen atoms in total. The van der Waals surface area contributed by atoms with Gasteiger partial charge in [-0.1, -0.05) is 60.7 Å². The Labute approximate surface area is 166 Å². The number of amides is 1. The van der Waals surface area contributed by atoms with E-state index < -0.39 is 0 Å². The maximum absolute atomic E-state index is 12.0. The largest absolute Gasteiger partial charge is 0.483 e. The first-order valence-corrected chi connectivity index (χ1v) is 10.4. The number of halogens is 1. The zero-order valence-electron chi connectivity index (χ0n) is 14.3. The molecule has 0 saturated carbocycles. The van der Waals surface area contributed by atoms with Crippen molar-refractivity contribution in [3.05, 3.63) is 76.8 Å². The molecule has 0 aliphatic carbocycles. The first-order valence-electron chi connectivity index (χ1n) is 8.42. The van der Waals surface area contributed by atoms with Gasteiger partial charge in [0.2, 0.25) is 0 Å². The van der Waals surface area contributed by atoms with Crippen molar-refractivity contribution in [3.8, 4) is 5.75 Å². The van der Waals surface area contributed by atoms with Gasteiger partial charge in [-0.25, -0.2) is 0 Å². The summed E-state index contributed by atoms with van der Waals surface area (Å²) in [6.45, 7) is 0.652. The summed E-state index contributed by atoms with van der Waals surface area (Å²) < 4.78 is 6.54. The van der Waals surface area contributed by atoms with Crippen molar-refractivity contribution in [3.63, 3.8) is 0 Å². The van der Waals surface area contributed by atoms with E-state index in [9.17, 15) is 4.79 Å². The van der Waals surface area contributed by atoms with Crippen LogP contribution in [0.1, 0.15) is 5.56 Å². The number of thioether (sulfide) groups is 1. The van der Waals surface area contributed by atoms with Gasteiger partial charge in [0.05, 0.1) is 4.47 Å². The highest BCUT2D eigenvalue weighted by Crippen LogP contribution is 2.32. The van der Waals surface area contributed by atoms with Crippen LogP contribution in [0.2, 0.25) is 0 Å². The lowest BCUT2D eigenvalue weighted by molar-refractivity contribution is -0.122. The molecule has 0 aromatic heterocycles. The van der Waals surface area contributed by atoms with Gasteiger partial charge < -0.3 is 10.1 Å². The van der Waals surface area contributed by atoms with Gasteiger partial charge >= 0.3 is 0 Å². The molecule has 0 radical (unpaired) electrons. The molecular formula is C21H20BrNO2S. The fourth-order valence-corrected chi connectivity index (χ4v) is 3.97. The monoisotopic (exact) mass is 429 g/mol. The Hall–Kier alpha value is -1.98. The topological polar surface area (TPSA) is 38.3 Å². The number of benzene rings is 3. The lowest BCUT2D eigenvalue weighted by Crippen LogP contribution is -2.30. The van der Waals surface area contributed by atoms with E-state index in [0.29, 0.717) is 12.3 Å². The zero-order chi connectivity index (χ0) is 18.2. The van der Waals surface area contributed by atoms with Crippen molar-refractivity contribution in [2.75, 3.05) is 18.9 Å². The Balaban J connectivity index is 1.39. The van der Waals surface area contributed by atoms with E-state index in [1.54, 1.807) is 11.8 Å². The number of hydrogen-bond acceptors (Lipinski definition) is 3. The lowest BCUT2D eigenvalue weighted by Gasteiger charge is -2.10. The molecule has 0 unspecified atom stereocenters. The van der Waals surface area contributed by atoms with Crippen molar-refractivity contribution < 1.29 is 9.53 Å². The highest BCUT2D eigenvalue weighted by atomic mass is 79.9. The molecule has 0 aliphatic rings. The molecule has 0 atom stereocenters. The molecule has 0 spiro atoms. The Bertz CT molecular complexity index is 870. The van der Waals surface area contributed by atoms with Gasteiger partial charge in [0.15, 0.2) is 6.61 Å². The van der Waals surface area contributed by atoms with Crippen LogP contribution in [0.5, 0.6) is 5.75 Å². The predicted octanol–water partition coefficient (Wildman–Crippen LogP) is 5.03. The summed E-state index contributed by atoms with van der Waals surface area (Å²) >= 11 is 5.37. The summed E-state index contributed by atoms with van der Waals surface area (Å²) in [7, 11) is 0. The lowest BCUT2D eigenvalue weighted by atomic mass is 10.1. The predicted molar refractivity (Wildman–Crippen MR) is 113 cm³/mol. The van der Waals surface area contributed by atoms with E-state index >= 15 is 0 Å². The minimum atomic E-state index is -0.106. The van der Waals surface area contributed by atoms with Crippen LogP contribution in [0, 0.1) is 0 Å². The number of hydrogen-bond donors (Lipinski definition) is 1. The van der Waals surface area contributed by atoms with Crippen LogP contribution in [-0.2, 0) is 10.5 Å². The first kappa shape index (κ1) is 18.8. The number of rotatable bonds is 8. The standard InChI is InChI=1S/C21H20BrNO2S/c22-21-18-9-5-4-8-17(18)10-11-19(21)25-14-20(24)23-12-13-26-15-16-6-2-1-3-7-16/h1-11H,12-15H2,(H,23,24). The molecule has 3 aromatic carbocycles. The second kappa shape index (κ2) is 9.64. The van der Waals surface area contributed by atoms with Gasteiger partial charge in [-0.2, -0.15) is 11.8 Å². The van der Waals surface area contributed by atoms with Crippen LogP contribution in [0.25, 0.3) is 10.8 Å². The molecule has 5 heteroatoms. The third kappa shape index (κ3) is 5.26. The second-order valence-electron chi connectivity index (χ2n) is 5.78. The summed E-state index contributed by atoms with van der Waals surface area (Å²) in [6, 6.07) is 22.3. The second-order valence-corrected chi connectivity index (χ2v) is 7.67. The van der Waals surface area contributed by atoms with E-state index in [1.165, 1.54) is 5.56 Å². The highest BCUT2D eigenvalue weighted by molar-refractivity contribution is 9.10. The van der Waals surface area contributed by atoms with Crippen molar-refractivity contribution in [1.82, 2.24) is 5.32 Å². The molecule has 0 aliphatic heterocycles. The minimum Gasteiger partial charge on any atom is -0.483 e. The van der Waals surface area contributed by atoms with Gasteiger partial charge in [-0.05, 0) is 38.3 Å². The SMILES string of the molecule is O=C(COc1ccc2ccccc2c1Br)NCCSCc1ccccc1. The Kier molecular flexibility index (Phi) is 6.97. The maximum atomic E-state index is 12.0. The number of fused-ring (bicyclic) bond motifs is 1. The highest BCUT2D eigenvalue weighted by Gasteiger charge is 2.08. The summed E-state index contributed by atoms with van der Waals surface area (Å²) in [5, 5.41) is 5.10. The van der Waals surface area contributed by atoms with Crippen molar-refractivity contribution in [1.29, 1.82) is 0 Å². The maximum Gasteiger partial charge on any atom is 0.257 e. The van der Waals surface area contributed by atoms with Crippen LogP contribution in [0.3, 0.4) is 0 Å². The van der Waals surface area contributed by atoms with Gasteiger partial charge in [-0.15, -0.1) is 0 Å². The number of carbonyl (C=O) groups excluding carboxylic acids is 1. The fraction of sp³-hybridized carbons (Fsp3) is 0.190. The quantitative estimate of drug-likeness (QED) is 0.510. The number of ether oxygens (including phenoxy) is 1. The van der Waals surface area contributed by atoms with Crippen LogP contribution in [0.4, 0.5) is 0 Å². The van der Waals surface area contributed by atoms with Crippen LogP contribution < -0.4 is 10.1 Å². The van der Waals surface area contributed by atoms with Crippen LogP contribution in [0.15, 0.2) is 71.2 Å². The Morgan fingerprint density at radius 3 is 2.62 bits per heavy atom.